The molecule has 2 heteroatoms. The molecule has 0 aromatic heterocycles. The molecule has 1 N–H and O–H groups in total. The third-order valence-electron chi connectivity index (χ3n) is 1.13. The molecule has 0 rings (SSSR count). The van der Waals surface area contributed by atoms with Crippen molar-refractivity contribution in [2.75, 3.05) is 13.1 Å². The molecule has 0 saturated heterocycles. The highest BCUT2D eigenvalue weighted by Gasteiger charge is 1.90. The van der Waals surface area contributed by atoms with Crippen molar-refractivity contribution in [1.82, 2.24) is 5.32 Å². The largest absolute Gasteiger partial charge is 0.310 e. The van der Waals surface area contributed by atoms with E-state index in [9.17, 15) is 4.79 Å². The summed E-state index contributed by atoms with van der Waals surface area (Å²) in [7, 11) is 0. The van der Waals surface area contributed by atoms with Gasteiger partial charge in [0.15, 0.2) is 0 Å². The van der Waals surface area contributed by atoms with E-state index in [0.717, 1.165) is 25.2 Å². The van der Waals surface area contributed by atoms with Gasteiger partial charge in [0, 0.05) is 0 Å². The van der Waals surface area contributed by atoms with Gasteiger partial charge in [-0.25, -0.2) is 0 Å². The molecule has 0 heterocycles. The molecule has 0 bridgehead atoms. The summed E-state index contributed by atoms with van der Waals surface area (Å²) in [5.41, 5.74) is 0. The Kier molecular flexibility index (Phi) is 5.52. The second-order valence-electron chi connectivity index (χ2n) is 2.55. The van der Waals surface area contributed by atoms with E-state index >= 15 is 0 Å². The summed E-state index contributed by atoms with van der Waals surface area (Å²) < 4.78 is 0. The standard InChI is InChI=1S/C7H15NO/c1-7(2)3-4-8-5-6-9/h6-8H,3-5H2,1-2H3. The Labute approximate surface area is 56.6 Å². The Bertz CT molecular complexity index is 71.3. The van der Waals surface area contributed by atoms with Gasteiger partial charge in [0.2, 0.25) is 0 Å². The lowest BCUT2D eigenvalue weighted by Crippen LogP contribution is -2.18. The highest BCUT2D eigenvalue weighted by molar-refractivity contribution is 5.51. The van der Waals surface area contributed by atoms with Crippen molar-refractivity contribution in [3.05, 3.63) is 0 Å². The van der Waals surface area contributed by atoms with Gasteiger partial charge in [0.25, 0.3) is 0 Å². The predicted molar refractivity (Wildman–Crippen MR) is 38.4 cm³/mol. The van der Waals surface area contributed by atoms with Crippen LogP contribution in [0.3, 0.4) is 0 Å². The summed E-state index contributed by atoms with van der Waals surface area (Å²) in [5, 5.41) is 3.00. The Balaban J connectivity index is 2.82. The van der Waals surface area contributed by atoms with Crippen molar-refractivity contribution in [2.45, 2.75) is 20.3 Å². The maximum Gasteiger partial charge on any atom is 0.133 e. The highest BCUT2D eigenvalue weighted by Crippen LogP contribution is 1.95. The molecule has 0 aromatic carbocycles. The number of hydrogen-bond acceptors (Lipinski definition) is 2. The first-order valence-corrected chi connectivity index (χ1v) is 3.41. The minimum absolute atomic E-state index is 0.493. The van der Waals surface area contributed by atoms with E-state index in [2.05, 4.69) is 19.2 Å². The molecule has 0 amide bonds. The lowest BCUT2D eigenvalue weighted by Gasteiger charge is -2.02. The lowest BCUT2D eigenvalue weighted by atomic mass is 10.1. The molecule has 54 valence electrons. The molecule has 0 aliphatic rings. The van der Waals surface area contributed by atoms with E-state index in [1.165, 1.54) is 0 Å². The van der Waals surface area contributed by atoms with Crippen LogP contribution >= 0.6 is 0 Å². The Morgan fingerprint density at radius 2 is 2.22 bits per heavy atom. The summed E-state index contributed by atoms with van der Waals surface area (Å²) >= 11 is 0. The Morgan fingerprint density at radius 3 is 2.67 bits per heavy atom. The van der Waals surface area contributed by atoms with Crippen LogP contribution in [0.15, 0.2) is 0 Å². The fourth-order valence-electron chi connectivity index (χ4n) is 0.552. The smallest absolute Gasteiger partial charge is 0.133 e. The molecule has 0 fully saturated rings. The van der Waals surface area contributed by atoms with Crippen LogP contribution in [0.25, 0.3) is 0 Å². The number of carbonyl (C=O) groups excluding carboxylic acids is 1. The maximum atomic E-state index is 9.79. The molecule has 0 saturated carbocycles. The zero-order chi connectivity index (χ0) is 7.11. The molecule has 9 heavy (non-hydrogen) atoms. The summed E-state index contributed by atoms with van der Waals surface area (Å²) in [5.74, 6) is 0.726. The van der Waals surface area contributed by atoms with Gasteiger partial charge in [-0.05, 0) is 18.9 Å². The minimum Gasteiger partial charge on any atom is -0.310 e. The summed E-state index contributed by atoms with van der Waals surface area (Å²) in [6.07, 6.45) is 2.04. The first-order valence-electron chi connectivity index (χ1n) is 3.41. The van der Waals surface area contributed by atoms with Gasteiger partial charge in [-0.2, -0.15) is 0 Å². The topological polar surface area (TPSA) is 29.1 Å². The normalized spacial score (nSPS) is 10.1. The average molecular weight is 129 g/mol. The molecule has 0 radical (unpaired) electrons. The second-order valence-corrected chi connectivity index (χ2v) is 2.55. The van der Waals surface area contributed by atoms with Crippen LogP contribution in [-0.4, -0.2) is 19.4 Å². The van der Waals surface area contributed by atoms with Crippen LogP contribution in [0.5, 0.6) is 0 Å². The summed E-state index contributed by atoms with van der Waals surface area (Å²) in [6, 6.07) is 0. The van der Waals surface area contributed by atoms with Gasteiger partial charge in [-0.1, -0.05) is 13.8 Å². The molecule has 0 aliphatic carbocycles. The summed E-state index contributed by atoms with van der Waals surface area (Å²) in [6.45, 7) is 5.79. The second kappa shape index (κ2) is 5.76. The zero-order valence-corrected chi connectivity index (χ0v) is 6.18. The van der Waals surface area contributed by atoms with Crippen molar-refractivity contribution in [3.8, 4) is 0 Å². The first kappa shape index (κ1) is 8.63. The number of hydrogen-bond donors (Lipinski definition) is 1. The van der Waals surface area contributed by atoms with Gasteiger partial charge in [-0.15, -0.1) is 0 Å². The minimum atomic E-state index is 0.493. The molecular formula is C7H15NO. The van der Waals surface area contributed by atoms with Crippen LogP contribution in [0.2, 0.25) is 0 Å². The number of nitrogens with one attached hydrogen (secondary N) is 1. The van der Waals surface area contributed by atoms with Crippen LogP contribution in [0, 0.1) is 5.92 Å². The van der Waals surface area contributed by atoms with Crippen LogP contribution < -0.4 is 5.32 Å². The van der Waals surface area contributed by atoms with Crippen LogP contribution in [0.1, 0.15) is 20.3 Å². The maximum absolute atomic E-state index is 9.79. The Morgan fingerprint density at radius 1 is 1.56 bits per heavy atom. The van der Waals surface area contributed by atoms with Crippen molar-refractivity contribution < 1.29 is 4.79 Å². The highest BCUT2D eigenvalue weighted by atomic mass is 16.1. The average Bonchev–Trinajstić information content (AvgIpc) is 1.80. The van der Waals surface area contributed by atoms with E-state index in [1.807, 2.05) is 0 Å². The van der Waals surface area contributed by atoms with Gasteiger partial charge in [0.1, 0.15) is 6.29 Å². The van der Waals surface area contributed by atoms with Crippen molar-refractivity contribution >= 4 is 6.29 Å². The van der Waals surface area contributed by atoms with Crippen LogP contribution in [-0.2, 0) is 4.79 Å². The molecule has 2 nitrogen and oxygen atoms in total. The Hall–Kier alpha value is -0.370. The van der Waals surface area contributed by atoms with Gasteiger partial charge < -0.3 is 10.1 Å². The molecule has 0 aromatic rings. The lowest BCUT2D eigenvalue weighted by molar-refractivity contribution is -0.107. The first-order chi connectivity index (χ1) is 4.27. The molecule has 0 spiro atoms. The van der Waals surface area contributed by atoms with Gasteiger partial charge in [0.05, 0.1) is 6.54 Å². The van der Waals surface area contributed by atoms with Gasteiger partial charge >= 0.3 is 0 Å². The molecule has 0 unspecified atom stereocenters. The number of rotatable bonds is 5. The zero-order valence-electron chi connectivity index (χ0n) is 6.18. The fraction of sp³-hybridized carbons (Fsp3) is 0.857. The van der Waals surface area contributed by atoms with Crippen LogP contribution in [0.4, 0.5) is 0 Å². The van der Waals surface area contributed by atoms with Crippen molar-refractivity contribution in [2.24, 2.45) is 5.92 Å². The molecule has 0 aliphatic heterocycles. The number of carbonyl (C=O) groups is 1. The van der Waals surface area contributed by atoms with Crippen molar-refractivity contribution in [3.63, 3.8) is 0 Å². The van der Waals surface area contributed by atoms with E-state index in [4.69, 9.17) is 0 Å². The quantitative estimate of drug-likeness (QED) is 0.440. The SMILES string of the molecule is CC(C)CCNCC=O. The van der Waals surface area contributed by atoms with E-state index in [0.29, 0.717) is 6.54 Å². The fourth-order valence-corrected chi connectivity index (χ4v) is 0.552. The van der Waals surface area contributed by atoms with E-state index in [1.54, 1.807) is 0 Å². The van der Waals surface area contributed by atoms with Gasteiger partial charge in [-0.3, -0.25) is 0 Å². The molecular weight excluding hydrogens is 114 g/mol. The summed E-state index contributed by atoms with van der Waals surface area (Å²) in [4.78, 5) is 9.79. The van der Waals surface area contributed by atoms with E-state index < -0.39 is 0 Å². The predicted octanol–water partition coefficient (Wildman–Crippen LogP) is 0.821. The molecule has 0 atom stereocenters. The van der Waals surface area contributed by atoms with Crippen molar-refractivity contribution in [1.29, 1.82) is 0 Å². The third-order valence-corrected chi connectivity index (χ3v) is 1.13. The number of aldehydes is 1. The third kappa shape index (κ3) is 7.63. The monoisotopic (exact) mass is 129 g/mol. The van der Waals surface area contributed by atoms with E-state index in [-0.39, 0.29) is 0 Å².